The van der Waals surface area contributed by atoms with Crippen molar-refractivity contribution >= 4 is 11.1 Å². The van der Waals surface area contributed by atoms with Gasteiger partial charge in [-0.2, -0.15) is 4.98 Å². The number of rotatable bonds is 13. The third kappa shape index (κ3) is 6.50. The SMILES string of the molecule is CCCCCCCCCCc1cc2cnc(OCCCC)nc2o1. The van der Waals surface area contributed by atoms with Gasteiger partial charge in [0.15, 0.2) is 0 Å². The van der Waals surface area contributed by atoms with Crippen LogP contribution < -0.4 is 4.74 Å². The standard InChI is InChI=1S/C20H32N2O2/c1-3-5-7-8-9-10-11-12-13-18-15-17-16-21-20(22-19(17)24-18)23-14-6-4-2/h15-16H,3-14H2,1-2H3. The molecule has 2 aromatic heterocycles. The molecule has 2 rings (SSSR count). The highest BCUT2D eigenvalue weighted by Gasteiger charge is 2.08. The molecular formula is C20H32N2O2. The molecule has 0 amide bonds. The zero-order valence-corrected chi connectivity index (χ0v) is 15.4. The van der Waals surface area contributed by atoms with Crippen molar-refractivity contribution < 1.29 is 9.15 Å². The van der Waals surface area contributed by atoms with Gasteiger partial charge in [0, 0.05) is 12.6 Å². The lowest BCUT2D eigenvalue weighted by Crippen LogP contribution is -2.00. The molecule has 4 heteroatoms. The number of unbranched alkanes of at least 4 members (excludes halogenated alkanes) is 8. The van der Waals surface area contributed by atoms with E-state index in [1.165, 1.54) is 51.4 Å². The fourth-order valence-electron chi connectivity index (χ4n) is 2.80. The zero-order chi connectivity index (χ0) is 17.0. The first-order chi connectivity index (χ1) is 11.8. The number of nitrogens with zero attached hydrogens (tertiary/aromatic N) is 2. The van der Waals surface area contributed by atoms with Gasteiger partial charge >= 0.3 is 6.01 Å². The molecule has 4 nitrogen and oxygen atoms in total. The van der Waals surface area contributed by atoms with Crippen molar-refractivity contribution in [3.05, 3.63) is 18.0 Å². The molecule has 2 heterocycles. The molecule has 0 bridgehead atoms. The predicted octanol–water partition coefficient (Wildman–Crippen LogP) is 6.08. The van der Waals surface area contributed by atoms with E-state index in [9.17, 15) is 0 Å². The minimum Gasteiger partial charge on any atom is -0.463 e. The van der Waals surface area contributed by atoms with E-state index < -0.39 is 0 Å². The summed E-state index contributed by atoms with van der Waals surface area (Å²) in [4.78, 5) is 8.60. The Kier molecular flexibility index (Phi) is 8.64. The van der Waals surface area contributed by atoms with Crippen LogP contribution in [0.15, 0.2) is 16.7 Å². The van der Waals surface area contributed by atoms with Crippen LogP contribution >= 0.6 is 0 Å². The van der Waals surface area contributed by atoms with Crippen LogP contribution in [0.3, 0.4) is 0 Å². The Bertz CT molecular complexity index is 580. The lowest BCUT2D eigenvalue weighted by molar-refractivity contribution is 0.285. The van der Waals surface area contributed by atoms with E-state index in [-0.39, 0.29) is 0 Å². The zero-order valence-electron chi connectivity index (χ0n) is 15.4. The Morgan fingerprint density at radius 3 is 2.38 bits per heavy atom. The van der Waals surface area contributed by atoms with Gasteiger partial charge in [-0.05, 0) is 18.9 Å². The van der Waals surface area contributed by atoms with Gasteiger partial charge in [-0.15, -0.1) is 0 Å². The summed E-state index contributed by atoms with van der Waals surface area (Å²) >= 11 is 0. The maximum atomic E-state index is 5.84. The molecule has 0 N–H and O–H groups in total. The minimum atomic E-state index is 0.420. The second-order valence-electron chi connectivity index (χ2n) is 6.55. The Hall–Kier alpha value is -1.58. The monoisotopic (exact) mass is 332 g/mol. The summed E-state index contributed by atoms with van der Waals surface area (Å²) in [5.74, 6) is 1.01. The van der Waals surface area contributed by atoms with E-state index in [0.717, 1.165) is 30.4 Å². The van der Waals surface area contributed by atoms with E-state index in [2.05, 4.69) is 29.9 Å². The highest BCUT2D eigenvalue weighted by Crippen LogP contribution is 2.20. The van der Waals surface area contributed by atoms with Crippen LogP contribution in [0.1, 0.15) is 83.8 Å². The summed E-state index contributed by atoms with van der Waals surface area (Å²) in [6.45, 7) is 5.06. The average Bonchev–Trinajstić information content (AvgIpc) is 2.99. The van der Waals surface area contributed by atoms with Crippen molar-refractivity contribution in [1.82, 2.24) is 9.97 Å². The van der Waals surface area contributed by atoms with Gasteiger partial charge in [0.1, 0.15) is 5.76 Å². The number of hydrogen-bond donors (Lipinski definition) is 0. The second kappa shape index (κ2) is 11.1. The third-order valence-electron chi connectivity index (χ3n) is 4.31. The molecule has 2 aromatic rings. The Balaban J connectivity index is 1.70. The average molecular weight is 332 g/mol. The highest BCUT2D eigenvalue weighted by molar-refractivity contribution is 5.73. The molecule has 0 saturated carbocycles. The van der Waals surface area contributed by atoms with Crippen molar-refractivity contribution in [3.63, 3.8) is 0 Å². The smallest absolute Gasteiger partial charge is 0.319 e. The van der Waals surface area contributed by atoms with Crippen LogP contribution in [0, 0.1) is 0 Å². The molecule has 0 atom stereocenters. The Morgan fingerprint density at radius 1 is 0.917 bits per heavy atom. The van der Waals surface area contributed by atoms with Crippen molar-refractivity contribution in [3.8, 4) is 6.01 Å². The molecule has 0 saturated heterocycles. The van der Waals surface area contributed by atoms with E-state index in [4.69, 9.17) is 9.15 Å². The summed E-state index contributed by atoms with van der Waals surface area (Å²) in [5.41, 5.74) is 0.645. The van der Waals surface area contributed by atoms with E-state index in [1.807, 2.05) is 0 Å². The molecule has 0 aromatic carbocycles. The normalized spacial score (nSPS) is 11.2. The summed E-state index contributed by atoms with van der Waals surface area (Å²) in [7, 11) is 0. The number of ether oxygens (including phenoxy) is 1. The summed E-state index contributed by atoms with van der Waals surface area (Å²) < 4.78 is 11.4. The van der Waals surface area contributed by atoms with Crippen LogP contribution in [0.2, 0.25) is 0 Å². The van der Waals surface area contributed by atoms with Gasteiger partial charge in [-0.25, -0.2) is 4.98 Å². The van der Waals surface area contributed by atoms with Crippen molar-refractivity contribution in [2.75, 3.05) is 6.61 Å². The highest BCUT2D eigenvalue weighted by atomic mass is 16.5. The predicted molar refractivity (Wildman–Crippen MR) is 98.5 cm³/mol. The molecular weight excluding hydrogens is 300 g/mol. The van der Waals surface area contributed by atoms with Gasteiger partial charge in [0.2, 0.25) is 5.71 Å². The van der Waals surface area contributed by atoms with Gasteiger partial charge in [-0.3, -0.25) is 0 Å². The van der Waals surface area contributed by atoms with Crippen LogP contribution in [0.5, 0.6) is 6.01 Å². The van der Waals surface area contributed by atoms with Crippen molar-refractivity contribution in [2.45, 2.75) is 84.5 Å². The Labute approximate surface area is 146 Å². The largest absolute Gasteiger partial charge is 0.463 e. The number of fused-ring (bicyclic) bond motifs is 1. The maximum Gasteiger partial charge on any atom is 0.319 e. The quantitative estimate of drug-likeness (QED) is 0.417. The summed E-state index contributed by atoms with van der Waals surface area (Å²) in [6, 6.07) is 2.48. The number of hydrogen-bond acceptors (Lipinski definition) is 4. The topological polar surface area (TPSA) is 48.2 Å². The van der Waals surface area contributed by atoms with E-state index in [1.54, 1.807) is 6.20 Å². The number of aromatic nitrogens is 2. The molecule has 24 heavy (non-hydrogen) atoms. The molecule has 134 valence electrons. The van der Waals surface area contributed by atoms with Gasteiger partial charge in [0.25, 0.3) is 0 Å². The molecule has 0 aliphatic rings. The number of furan rings is 1. The second-order valence-corrected chi connectivity index (χ2v) is 6.55. The lowest BCUT2D eigenvalue weighted by atomic mass is 10.1. The Morgan fingerprint density at radius 2 is 1.62 bits per heavy atom. The third-order valence-corrected chi connectivity index (χ3v) is 4.31. The molecule has 0 radical (unpaired) electrons. The first-order valence-electron chi connectivity index (χ1n) is 9.71. The summed E-state index contributed by atoms with van der Waals surface area (Å²) in [6.07, 6.45) is 15.5. The molecule has 0 fully saturated rings. The minimum absolute atomic E-state index is 0.420. The van der Waals surface area contributed by atoms with Crippen LogP contribution in [-0.4, -0.2) is 16.6 Å². The van der Waals surface area contributed by atoms with Gasteiger partial charge < -0.3 is 9.15 Å². The molecule has 0 aliphatic carbocycles. The van der Waals surface area contributed by atoms with Crippen molar-refractivity contribution in [1.29, 1.82) is 0 Å². The first-order valence-corrected chi connectivity index (χ1v) is 9.71. The van der Waals surface area contributed by atoms with E-state index in [0.29, 0.717) is 18.3 Å². The first kappa shape index (κ1) is 18.8. The fraction of sp³-hybridized carbons (Fsp3) is 0.700. The maximum absolute atomic E-state index is 5.84. The summed E-state index contributed by atoms with van der Waals surface area (Å²) in [5, 5.41) is 0.965. The van der Waals surface area contributed by atoms with Gasteiger partial charge in [-0.1, -0.05) is 65.2 Å². The molecule has 0 aliphatic heterocycles. The van der Waals surface area contributed by atoms with Crippen LogP contribution in [0.25, 0.3) is 11.1 Å². The van der Waals surface area contributed by atoms with Crippen LogP contribution in [0.4, 0.5) is 0 Å². The van der Waals surface area contributed by atoms with Crippen LogP contribution in [-0.2, 0) is 6.42 Å². The molecule has 0 unspecified atom stereocenters. The fourth-order valence-corrected chi connectivity index (χ4v) is 2.80. The van der Waals surface area contributed by atoms with Crippen molar-refractivity contribution in [2.24, 2.45) is 0 Å². The van der Waals surface area contributed by atoms with E-state index >= 15 is 0 Å². The lowest BCUT2D eigenvalue weighted by Gasteiger charge is -2.01. The number of aryl methyl sites for hydroxylation is 1. The molecule has 0 spiro atoms. The van der Waals surface area contributed by atoms with Gasteiger partial charge in [0.05, 0.1) is 12.0 Å².